The molecule has 2 aromatic carbocycles. The molecular formula is C23H29N4PS. The Morgan fingerprint density at radius 2 is 1.62 bits per heavy atom. The first-order valence-electron chi connectivity index (χ1n) is 10.2. The molecule has 2 aliphatic rings. The van der Waals surface area contributed by atoms with Gasteiger partial charge in [-0.05, 0) is 23.8 Å². The van der Waals surface area contributed by atoms with E-state index >= 15 is 0 Å². The van der Waals surface area contributed by atoms with Crippen LogP contribution in [-0.2, 0) is 17.2 Å². The Labute approximate surface area is 179 Å². The second-order valence-corrected chi connectivity index (χ2v) is 12.0. The van der Waals surface area contributed by atoms with Gasteiger partial charge in [-0.3, -0.25) is 4.67 Å². The van der Waals surface area contributed by atoms with Gasteiger partial charge >= 0.3 is 0 Å². The molecule has 0 amide bonds. The monoisotopic (exact) mass is 424 g/mol. The molecule has 2 aromatic rings. The third-order valence-electron chi connectivity index (χ3n) is 6.07. The Kier molecular flexibility index (Phi) is 5.18. The number of benzene rings is 2. The Morgan fingerprint density at radius 1 is 1.00 bits per heavy atom. The zero-order chi connectivity index (χ0) is 20.8. The lowest BCUT2D eigenvalue weighted by Gasteiger charge is -2.39. The molecule has 0 N–H and O–H groups in total. The Balaban J connectivity index is 1.96. The summed E-state index contributed by atoms with van der Waals surface area (Å²) in [7, 11) is 2.16. The largest absolute Gasteiger partial charge is 0.346 e. The zero-order valence-electron chi connectivity index (χ0n) is 17.8. The van der Waals surface area contributed by atoms with Crippen molar-refractivity contribution in [2.24, 2.45) is 5.10 Å². The molecule has 2 aliphatic heterocycles. The number of nitrogens with zero attached hydrogens (tertiary/aromatic N) is 4. The first-order valence-corrected chi connectivity index (χ1v) is 12.9. The third-order valence-corrected chi connectivity index (χ3v) is 11.0. The molecule has 4 rings (SSSR count). The predicted molar refractivity (Wildman–Crippen MR) is 130 cm³/mol. The highest BCUT2D eigenvalue weighted by Gasteiger charge is 2.47. The molecule has 1 atom stereocenters. The van der Waals surface area contributed by atoms with Gasteiger partial charge in [-0.1, -0.05) is 75.9 Å². The van der Waals surface area contributed by atoms with Crippen LogP contribution in [0.2, 0.25) is 0 Å². The molecule has 0 aromatic heterocycles. The molecule has 4 nitrogen and oxygen atoms in total. The van der Waals surface area contributed by atoms with Crippen molar-refractivity contribution in [3.8, 4) is 0 Å². The van der Waals surface area contributed by atoms with E-state index in [9.17, 15) is 0 Å². The molecule has 0 bridgehead atoms. The molecule has 0 saturated carbocycles. The molecule has 0 aliphatic carbocycles. The lowest BCUT2D eigenvalue weighted by Crippen LogP contribution is -2.31. The van der Waals surface area contributed by atoms with E-state index in [-0.39, 0.29) is 5.41 Å². The van der Waals surface area contributed by atoms with E-state index in [2.05, 4.69) is 97.6 Å². The summed E-state index contributed by atoms with van der Waals surface area (Å²) in [6, 6.07) is 19.0. The third kappa shape index (κ3) is 2.91. The van der Waals surface area contributed by atoms with Crippen LogP contribution in [0.3, 0.4) is 0 Å². The van der Waals surface area contributed by atoms with Crippen LogP contribution in [0.15, 0.2) is 70.7 Å². The van der Waals surface area contributed by atoms with E-state index in [1.54, 1.807) is 0 Å². The number of hydrazone groups is 1. The van der Waals surface area contributed by atoms with E-state index in [4.69, 9.17) is 16.9 Å². The van der Waals surface area contributed by atoms with Gasteiger partial charge in [0.1, 0.15) is 0 Å². The summed E-state index contributed by atoms with van der Waals surface area (Å²) < 4.78 is 4.54. The topological polar surface area (TPSA) is 22.1 Å². The second-order valence-electron chi connectivity index (χ2n) is 7.99. The number of likely N-dealkylation sites (N-methyl/N-ethyl adjacent to an activating group) is 1. The average molecular weight is 425 g/mol. The number of anilines is 2. The van der Waals surface area contributed by atoms with Crippen molar-refractivity contribution in [2.75, 3.05) is 29.8 Å². The number of hydrogen-bond donors (Lipinski definition) is 0. The smallest absolute Gasteiger partial charge is 0.154 e. The maximum atomic E-state index is 6.57. The highest BCUT2D eigenvalue weighted by atomic mass is 32.4. The van der Waals surface area contributed by atoms with Crippen molar-refractivity contribution in [1.82, 2.24) is 4.67 Å². The van der Waals surface area contributed by atoms with Crippen LogP contribution >= 0.6 is 6.34 Å². The minimum Gasteiger partial charge on any atom is -0.346 e. The van der Waals surface area contributed by atoms with Crippen molar-refractivity contribution in [1.29, 1.82) is 0 Å². The zero-order valence-corrected chi connectivity index (χ0v) is 19.5. The van der Waals surface area contributed by atoms with Gasteiger partial charge in [0.05, 0.1) is 17.2 Å². The van der Waals surface area contributed by atoms with Gasteiger partial charge in [0.2, 0.25) is 0 Å². The Hall–Kier alpha value is -1.94. The van der Waals surface area contributed by atoms with Gasteiger partial charge < -0.3 is 4.90 Å². The minimum atomic E-state index is -2.30. The molecule has 2 heterocycles. The maximum Gasteiger partial charge on any atom is 0.154 e. The average Bonchev–Trinajstić information content (AvgIpc) is 3.16. The van der Waals surface area contributed by atoms with Crippen LogP contribution in [0.25, 0.3) is 0 Å². The first kappa shape index (κ1) is 20.3. The van der Waals surface area contributed by atoms with Crippen molar-refractivity contribution in [3.05, 3.63) is 71.2 Å². The highest BCUT2D eigenvalue weighted by molar-refractivity contribution is 8.16. The highest BCUT2D eigenvalue weighted by Crippen LogP contribution is 2.67. The lowest BCUT2D eigenvalue weighted by molar-refractivity contribution is 0.506. The predicted octanol–water partition coefficient (Wildman–Crippen LogP) is 5.78. The van der Waals surface area contributed by atoms with E-state index in [1.165, 1.54) is 22.3 Å². The van der Waals surface area contributed by atoms with Crippen LogP contribution < -0.4 is 9.68 Å². The molecule has 0 radical (unpaired) electrons. The number of fused-ring (bicyclic) bond motifs is 1. The first-order chi connectivity index (χ1) is 13.9. The van der Waals surface area contributed by atoms with Crippen LogP contribution in [-0.4, -0.2) is 31.0 Å². The number of rotatable bonds is 4. The summed E-state index contributed by atoms with van der Waals surface area (Å²) in [6.07, 6.45) is -0.268. The maximum absolute atomic E-state index is 6.57. The Morgan fingerprint density at radius 3 is 2.24 bits per heavy atom. The van der Waals surface area contributed by atoms with Gasteiger partial charge in [-0.2, -0.15) is 5.10 Å². The van der Waals surface area contributed by atoms with Crippen molar-refractivity contribution < 1.29 is 0 Å². The fraction of sp³-hybridized carbons (Fsp3) is 0.348. The van der Waals surface area contributed by atoms with Crippen molar-refractivity contribution >= 4 is 35.7 Å². The molecule has 0 spiro atoms. The number of allylic oxidation sites excluding steroid dienone is 2. The van der Waals surface area contributed by atoms with Gasteiger partial charge in [0, 0.05) is 36.9 Å². The quantitative estimate of drug-likeness (QED) is 0.580. The lowest BCUT2D eigenvalue weighted by atomic mass is 9.84. The normalized spacial score (nSPS) is 25.2. The summed E-state index contributed by atoms with van der Waals surface area (Å²) in [5, 5.41) is 6.09. The van der Waals surface area contributed by atoms with Gasteiger partial charge in [-0.25, -0.2) is 4.78 Å². The van der Waals surface area contributed by atoms with Crippen molar-refractivity contribution in [3.63, 3.8) is 0 Å². The minimum absolute atomic E-state index is 0.128. The molecule has 0 fully saturated rings. The van der Waals surface area contributed by atoms with E-state index in [0.29, 0.717) is 0 Å². The summed E-state index contributed by atoms with van der Waals surface area (Å²) in [5.74, 6) is 0. The summed E-state index contributed by atoms with van der Waals surface area (Å²) in [6.45, 7) is 10.8. The molecule has 6 heteroatoms. The van der Waals surface area contributed by atoms with Crippen LogP contribution in [0.1, 0.15) is 33.3 Å². The van der Waals surface area contributed by atoms with Crippen molar-refractivity contribution in [2.45, 2.75) is 33.1 Å². The molecule has 0 saturated heterocycles. The summed E-state index contributed by atoms with van der Waals surface area (Å²) in [5.41, 5.74) is 4.81. The van der Waals surface area contributed by atoms with E-state index in [0.717, 1.165) is 18.8 Å². The summed E-state index contributed by atoms with van der Waals surface area (Å²) >= 11 is 6.57. The standard InChI is InChI=1S/C23H29N4PS/c1-6-26(7-2)28(29)21(17-24-27(28)18-13-9-8-10-14-18)22-23(3,4)19-15-11-12-16-20(19)25(22)5/h8-17H,6-7H2,1-5H3. The van der Waals surface area contributed by atoms with Crippen LogP contribution in [0.5, 0.6) is 0 Å². The second kappa shape index (κ2) is 7.39. The molecule has 152 valence electrons. The summed E-state index contributed by atoms with van der Waals surface area (Å²) in [4.78, 5) is 2.33. The van der Waals surface area contributed by atoms with Gasteiger partial charge in [0.25, 0.3) is 0 Å². The van der Waals surface area contributed by atoms with Crippen LogP contribution in [0, 0.1) is 0 Å². The SMILES string of the molecule is CCN(CC)P1(=S)C(=C2N(C)c3ccccc3C2(C)C)C=NN1c1ccccc1. The number of para-hydroxylation sites is 2. The molecular weight excluding hydrogens is 395 g/mol. The van der Waals surface area contributed by atoms with Gasteiger partial charge in [-0.15, -0.1) is 0 Å². The number of hydrogen-bond acceptors (Lipinski definition) is 3. The van der Waals surface area contributed by atoms with Gasteiger partial charge in [0.15, 0.2) is 6.34 Å². The van der Waals surface area contributed by atoms with E-state index < -0.39 is 6.34 Å². The van der Waals surface area contributed by atoms with E-state index in [1.807, 2.05) is 12.3 Å². The van der Waals surface area contributed by atoms with Crippen LogP contribution in [0.4, 0.5) is 11.4 Å². The molecule has 29 heavy (non-hydrogen) atoms. The Bertz CT molecular complexity index is 1020. The molecule has 1 unspecified atom stereocenters. The fourth-order valence-corrected chi connectivity index (χ4v) is 9.24. The fourth-order valence-electron chi connectivity index (χ4n) is 4.67.